The molecule has 1 aromatic heterocycles. The van der Waals surface area contributed by atoms with Crippen LogP contribution in [-0.2, 0) is 4.79 Å². The van der Waals surface area contributed by atoms with Gasteiger partial charge in [-0.25, -0.2) is 5.43 Å². The minimum Gasteiger partial charge on any atom is -0.477 e. The first kappa shape index (κ1) is 22.4. The van der Waals surface area contributed by atoms with Crippen molar-refractivity contribution in [3.8, 4) is 17.1 Å². The fourth-order valence-corrected chi connectivity index (χ4v) is 2.83. The number of ether oxygens (including phenoxy) is 1. The molecule has 0 saturated heterocycles. The predicted molar refractivity (Wildman–Crippen MR) is 115 cm³/mol. The quantitative estimate of drug-likeness (QED) is 0.301. The maximum atomic E-state index is 11.9. The van der Waals surface area contributed by atoms with Crippen molar-refractivity contribution in [3.05, 3.63) is 85.1 Å². The highest BCUT2D eigenvalue weighted by Crippen LogP contribution is 2.32. The third kappa shape index (κ3) is 5.46. The van der Waals surface area contributed by atoms with Crippen LogP contribution in [0.2, 0.25) is 5.02 Å². The molecule has 0 radical (unpaired) electrons. The van der Waals surface area contributed by atoms with Crippen LogP contribution in [0.1, 0.15) is 11.3 Å². The normalized spacial score (nSPS) is 10.8. The lowest BCUT2D eigenvalue weighted by Crippen LogP contribution is -2.24. The van der Waals surface area contributed by atoms with Crippen LogP contribution in [0, 0.1) is 27.2 Å². The third-order valence-corrected chi connectivity index (χ3v) is 4.43. The lowest BCUT2D eigenvalue weighted by atomic mass is 10.1. The van der Waals surface area contributed by atoms with Crippen molar-refractivity contribution in [1.29, 1.82) is 0 Å². The van der Waals surface area contributed by atoms with Gasteiger partial charge in [-0.15, -0.1) is 0 Å². The van der Waals surface area contributed by atoms with E-state index in [1.807, 2.05) is 0 Å². The lowest BCUT2D eigenvalue weighted by molar-refractivity contribution is -0.385. The zero-order chi connectivity index (χ0) is 23.3. The highest BCUT2D eigenvalue weighted by Gasteiger charge is 2.16. The van der Waals surface area contributed by atoms with Crippen LogP contribution in [0.5, 0.6) is 5.75 Å². The molecule has 0 saturated carbocycles. The summed E-state index contributed by atoms with van der Waals surface area (Å²) in [6, 6.07) is 11.4. The Kier molecular flexibility index (Phi) is 6.80. The van der Waals surface area contributed by atoms with E-state index < -0.39 is 22.4 Å². The summed E-state index contributed by atoms with van der Waals surface area (Å²) in [5.41, 5.74) is 2.83. The number of furan rings is 1. The summed E-state index contributed by atoms with van der Waals surface area (Å²) in [6.07, 6.45) is 1.21. The van der Waals surface area contributed by atoms with Crippen molar-refractivity contribution >= 4 is 35.1 Å². The number of carbonyl (C=O) groups is 1. The number of nitro benzene ring substituents is 2. The minimum absolute atomic E-state index is 0.0377. The SMILES string of the molecule is Cc1ccc(OCC(=O)N/N=C\c2ccc(-c3cc([N+](=O)[O-])ccc3Cl)o2)c([N+](=O)[O-])c1. The van der Waals surface area contributed by atoms with Gasteiger partial charge in [-0.3, -0.25) is 25.0 Å². The van der Waals surface area contributed by atoms with E-state index in [2.05, 4.69) is 10.5 Å². The molecule has 164 valence electrons. The summed E-state index contributed by atoms with van der Waals surface area (Å²) in [5, 5.41) is 26.0. The Labute approximate surface area is 185 Å². The highest BCUT2D eigenvalue weighted by molar-refractivity contribution is 6.33. The molecular formula is C20H15ClN4O7. The Morgan fingerprint density at radius 1 is 1.16 bits per heavy atom. The third-order valence-electron chi connectivity index (χ3n) is 4.10. The van der Waals surface area contributed by atoms with Gasteiger partial charge in [0.25, 0.3) is 11.6 Å². The summed E-state index contributed by atoms with van der Waals surface area (Å²) in [4.78, 5) is 32.8. The van der Waals surface area contributed by atoms with Crippen LogP contribution in [-0.4, -0.2) is 28.6 Å². The maximum Gasteiger partial charge on any atom is 0.311 e. The smallest absolute Gasteiger partial charge is 0.311 e. The van der Waals surface area contributed by atoms with E-state index in [1.165, 1.54) is 42.6 Å². The maximum absolute atomic E-state index is 11.9. The van der Waals surface area contributed by atoms with E-state index in [1.54, 1.807) is 19.1 Å². The predicted octanol–water partition coefficient (Wildman–Crippen LogP) is 4.25. The summed E-state index contributed by atoms with van der Waals surface area (Å²) < 4.78 is 10.7. The van der Waals surface area contributed by atoms with Crippen LogP contribution in [0.3, 0.4) is 0 Å². The molecule has 0 fully saturated rings. The molecule has 0 spiro atoms. The number of nitro groups is 2. The molecule has 0 aliphatic rings. The molecule has 11 nitrogen and oxygen atoms in total. The number of aryl methyl sites for hydroxylation is 1. The van der Waals surface area contributed by atoms with Gasteiger partial charge in [-0.05, 0) is 36.8 Å². The van der Waals surface area contributed by atoms with Gasteiger partial charge in [0.05, 0.1) is 21.1 Å². The Morgan fingerprint density at radius 2 is 1.94 bits per heavy atom. The second-order valence-electron chi connectivity index (χ2n) is 6.43. The zero-order valence-electron chi connectivity index (χ0n) is 16.5. The largest absolute Gasteiger partial charge is 0.477 e. The van der Waals surface area contributed by atoms with E-state index in [-0.39, 0.29) is 33.7 Å². The van der Waals surface area contributed by atoms with Gasteiger partial charge in [-0.1, -0.05) is 17.7 Å². The van der Waals surface area contributed by atoms with Gasteiger partial charge in [0.2, 0.25) is 0 Å². The number of nitrogens with one attached hydrogen (secondary N) is 1. The number of hydrogen-bond acceptors (Lipinski definition) is 8. The molecular weight excluding hydrogens is 444 g/mol. The highest BCUT2D eigenvalue weighted by atomic mass is 35.5. The van der Waals surface area contributed by atoms with Crippen LogP contribution in [0.15, 0.2) is 58.0 Å². The fourth-order valence-electron chi connectivity index (χ4n) is 2.62. The van der Waals surface area contributed by atoms with E-state index >= 15 is 0 Å². The van der Waals surface area contributed by atoms with Crippen molar-refractivity contribution in [2.45, 2.75) is 6.92 Å². The minimum atomic E-state index is -0.648. The number of benzene rings is 2. The number of non-ortho nitro benzene ring substituents is 1. The molecule has 3 rings (SSSR count). The molecule has 0 aliphatic heterocycles. The molecule has 0 unspecified atom stereocenters. The van der Waals surface area contributed by atoms with E-state index in [0.717, 1.165) is 0 Å². The van der Waals surface area contributed by atoms with Gasteiger partial charge >= 0.3 is 5.69 Å². The zero-order valence-corrected chi connectivity index (χ0v) is 17.2. The molecule has 0 aliphatic carbocycles. The monoisotopic (exact) mass is 458 g/mol. The van der Waals surface area contributed by atoms with Crippen molar-refractivity contribution in [2.75, 3.05) is 6.61 Å². The van der Waals surface area contributed by atoms with Crippen LogP contribution >= 0.6 is 11.6 Å². The summed E-state index contributed by atoms with van der Waals surface area (Å²) >= 11 is 6.09. The molecule has 1 heterocycles. The van der Waals surface area contributed by atoms with Gasteiger partial charge in [0, 0.05) is 23.8 Å². The van der Waals surface area contributed by atoms with Crippen molar-refractivity contribution in [1.82, 2.24) is 5.43 Å². The Bertz CT molecular complexity index is 1220. The number of rotatable bonds is 8. The van der Waals surface area contributed by atoms with Crippen LogP contribution < -0.4 is 10.2 Å². The average Bonchev–Trinajstić information content (AvgIpc) is 3.21. The Morgan fingerprint density at radius 3 is 2.66 bits per heavy atom. The first-order valence-corrected chi connectivity index (χ1v) is 9.36. The second-order valence-corrected chi connectivity index (χ2v) is 6.84. The standard InChI is InChI=1S/C20H15ClN4O7/c1-12-2-6-19(17(8-12)25(29)30)31-11-20(26)23-22-10-14-4-7-18(32-14)15-9-13(24(27)28)3-5-16(15)21/h2-10H,11H2,1H3,(H,23,26)/b22-10-. The molecule has 32 heavy (non-hydrogen) atoms. The van der Waals surface area contributed by atoms with Crippen LogP contribution in [0.25, 0.3) is 11.3 Å². The number of halogens is 1. The number of carbonyl (C=O) groups excluding carboxylic acids is 1. The molecule has 0 bridgehead atoms. The lowest BCUT2D eigenvalue weighted by Gasteiger charge is -2.06. The van der Waals surface area contributed by atoms with Gasteiger partial charge in [-0.2, -0.15) is 5.10 Å². The summed E-state index contributed by atoms with van der Waals surface area (Å²) in [5.74, 6) is -0.159. The molecule has 3 aromatic rings. The average molecular weight is 459 g/mol. The van der Waals surface area contributed by atoms with Gasteiger partial charge in [0.1, 0.15) is 11.5 Å². The van der Waals surface area contributed by atoms with Crippen LogP contribution in [0.4, 0.5) is 11.4 Å². The van der Waals surface area contributed by atoms with Crippen molar-refractivity contribution in [2.24, 2.45) is 5.10 Å². The number of nitrogens with zero attached hydrogens (tertiary/aromatic N) is 3. The molecule has 1 amide bonds. The fraction of sp³-hybridized carbons (Fsp3) is 0.100. The van der Waals surface area contributed by atoms with Gasteiger partial charge < -0.3 is 9.15 Å². The molecule has 1 N–H and O–H groups in total. The number of hydrazone groups is 1. The summed E-state index contributed by atoms with van der Waals surface area (Å²) in [6.45, 7) is 1.21. The first-order chi connectivity index (χ1) is 15.2. The van der Waals surface area contributed by atoms with Crippen molar-refractivity contribution < 1.29 is 23.8 Å². The van der Waals surface area contributed by atoms with Crippen molar-refractivity contribution in [3.63, 3.8) is 0 Å². The second kappa shape index (κ2) is 9.71. The first-order valence-electron chi connectivity index (χ1n) is 8.98. The summed E-state index contributed by atoms with van der Waals surface area (Å²) in [7, 11) is 0. The van der Waals surface area contributed by atoms with E-state index in [0.29, 0.717) is 11.1 Å². The molecule has 12 heteroatoms. The number of amides is 1. The Hall–Kier alpha value is -4.25. The molecule has 2 aromatic carbocycles. The number of hydrogen-bond donors (Lipinski definition) is 1. The topological polar surface area (TPSA) is 150 Å². The van der Waals surface area contributed by atoms with Gasteiger partial charge in [0.15, 0.2) is 12.4 Å². The Balaban J connectivity index is 1.60. The molecule has 0 atom stereocenters. The van der Waals surface area contributed by atoms with E-state index in [9.17, 15) is 25.0 Å². The van der Waals surface area contributed by atoms with E-state index in [4.69, 9.17) is 20.8 Å².